The Morgan fingerprint density at radius 2 is 1.23 bits per heavy atom. The number of benzene rings is 4. The molecule has 0 amide bonds. The molecule has 4 aromatic rings. The molecule has 0 heteroatoms. The quantitative estimate of drug-likeness (QED) is 0.295. The first-order chi connectivity index (χ1) is 15.1. The molecule has 0 atom stereocenters. The Morgan fingerprint density at radius 3 is 1.77 bits per heavy atom. The molecule has 0 heterocycles. The van der Waals surface area contributed by atoms with Gasteiger partial charge in [0.1, 0.15) is 0 Å². The molecule has 0 radical (unpaired) electrons. The van der Waals surface area contributed by atoms with Crippen molar-refractivity contribution >= 4 is 21.5 Å². The second-order valence-corrected chi connectivity index (χ2v) is 7.37. The molecule has 0 unspecified atom stereocenters. The van der Waals surface area contributed by atoms with E-state index in [1.165, 1.54) is 43.8 Å². The van der Waals surface area contributed by atoms with E-state index < -0.39 is 0 Å². The summed E-state index contributed by atoms with van der Waals surface area (Å²) in [5, 5.41) is 5.18. The highest BCUT2D eigenvalue weighted by atomic mass is 14.1. The van der Waals surface area contributed by atoms with E-state index >= 15 is 0 Å². The zero-order valence-electron chi connectivity index (χ0n) is 19.8. The van der Waals surface area contributed by atoms with Crippen molar-refractivity contribution in [3.8, 4) is 11.1 Å². The zero-order valence-corrected chi connectivity index (χ0v) is 19.8. The third-order valence-electron chi connectivity index (χ3n) is 5.22. The molecule has 0 aliphatic heterocycles. The predicted octanol–water partition coefficient (Wildman–Crippen LogP) is 9.91. The highest BCUT2D eigenvalue weighted by Crippen LogP contribution is 2.27. The maximum absolute atomic E-state index is 3.68. The highest BCUT2D eigenvalue weighted by molar-refractivity contribution is 5.91. The SMILES string of the molecule is C=C/C(=C\CC)CC.CC.Cc1ccc2cc(-c3ccc4ccccc4c3)ccc2c1. The second kappa shape index (κ2) is 12.5. The minimum Gasteiger partial charge on any atom is -0.0988 e. The van der Waals surface area contributed by atoms with Gasteiger partial charge in [-0.15, -0.1) is 0 Å². The van der Waals surface area contributed by atoms with Gasteiger partial charge >= 0.3 is 0 Å². The lowest BCUT2D eigenvalue weighted by Gasteiger charge is -2.06. The van der Waals surface area contributed by atoms with Crippen LogP contribution in [0.25, 0.3) is 32.7 Å². The van der Waals surface area contributed by atoms with Crippen molar-refractivity contribution in [2.24, 2.45) is 0 Å². The van der Waals surface area contributed by atoms with Gasteiger partial charge in [-0.25, -0.2) is 0 Å². The molecule has 0 bridgehead atoms. The molecule has 0 nitrogen and oxygen atoms in total. The van der Waals surface area contributed by atoms with E-state index in [-0.39, 0.29) is 0 Å². The van der Waals surface area contributed by atoms with Gasteiger partial charge in [0.25, 0.3) is 0 Å². The smallest absolute Gasteiger partial charge is 0.0177 e. The van der Waals surface area contributed by atoms with Crippen LogP contribution >= 0.6 is 0 Å². The number of aryl methyl sites for hydroxylation is 1. The molecule has 4 rings (SSSR count). The van der Waals surface area contributed by atoms with Crippen LogP contribution < -0.4 is 0 Å². The fraction of sp³-hybridized carbons (Fsp3) is 0.226. The van der Waals surface area contributed by atoms with Gasteiger partial charge < -0.3 is 0 Å². The van der Waals surface area contributed by atoms with Crippen LogP contribution in [0.2, 0.25) is 0 Å². The molecule has 4 aromatic carbocycles. The van der Waals surface area contributed by atoms with E-state index in [9.17, 15) is 0 Å². The highest BCUT2D eigenvalue weighted by Gasteiger charge is 2.01. The average Bonchev–Trinajstić information content (AvgIpc) is 2.83. The van der Waals surface area contributed by atoms with Crippen molar-refractivity contribution in [2.75, 3.05) is 0 Å². The van der Waals surface area contributed by atoms with Gasteiger partial charge in [-0.3, -0.25) is 0 Å². The Labute approximate surface area is 188 Å². The number of hydrogen-bond donors (Lipinski definition) is 0. The minimum absolute atomic E-state index is 1.11. The van der Waals surface area contributed by atoms with Crippen LogP contribution in [0.15, 0.2) is 103 Å². The third kappa shape index (κ3) is 6.69. The molecule has 0 fully saturated rings. The van der Waals surface area contributed by atoms with Crippen molar-refractivity contribution in [1.82, 2.24) is 0 Å². The van der Waals surface area contributed by atoms with E-state index in [1.807, 2.05) is 19.9 Å². The van der Waals surface area contributed by atoms with Gasteiger partial charge in [0.2, 0.25) is 0 Å². The molecule has 0 saturated carbocycles. The van der Waals surface area contributed by atoms with Crippen LogP contribution in [0.1, 0.15) is 46.1 Å². The Bertz CT molecular complexity index is 1140. The van der Waals surface area contributed by atoms with Crippen LogP contribution in [-0.2, 0) is 0 Å². The second-order valence-electron chi connectivity index (χ2n) is 7.37. The molecule has 0 aliphatic carbocycles. The lowest BCUT2D eigenvalue weighted by atomic mass is 9.98. The van der Waals surface area contributed by atoms with Gasteiger partial charge in [0.05, 0.1) is 0 Å². The normalized spacial score (nSPS) is 10.7. The number of hydrogen-bond acceptors (Lipinski definition) is 0. The molecule has 0 saturated heterocycles. The van der Waals surface area contributed by atoms with Crippen molar-refractivity contribution in [3.63, 3.8) is 0 Å². The Balaban J connectivity index is 0.000000292. The van der Waals surface area contributed by atoms with Gasteiger partial charge in [-0.05, 0) is 64.6 Å². The van der Waals surface area contributed by atoms with E-state index in [4.69, 9.17) is 0 Å². The maximum Gasteiger partial charge on any atom is -0.0177 e. The Morgan fingerprint density at radius 1 is 0.710 bits per heavy atom. The van der Waals surface area contributed by atoms with E-state index in [1.54, 1.807) is 0 Å². The van der Waals surface area contributed by atoms with Crippen molar-refractivity contribution in [2.45, 2.75) is 47.5 Å². The van der Waals surface area contributed by atoms with Crippen molar-refractivity contribution in [3.05, 3.63) is 109 Å². The molecule has 31 heavy (non-hydrogen) atoms. The first kappa shape index (κ1) is 24.2. The largest absolute Gasteiger partial charge is 0.0988 e. The van der Waals surface area contributed by atoms with E-state index in [0.29, 0.717) is 0 Å². The summed E-state index contributed by atoms with van der Waals surface area (Å²) in [6.07, 6.45) is 6.35. The van der Waals surface area contributed by atoms with Gasteiger partial charge in [0, 0.05) is 0 Å². The molecular weight excluding hydrogens is 372 g/mol. The summed E-state index contributed by atoms with van der Waals surface area (Å²) >= 11 is 0. The van der Waals surface area contributed by atoms with Gasteiger partial charge in [-0.1, -0.05) is 124 Å². The summed E-state index contributed by atoms with van der Waals surface area (Å²) in [5.41, 5.74) is 5.21. The van der Waals surface area contributed by atoms with E-state index in [2.05, 4.69) is 112 Å². The molecule has 0 aliphatic rings. The lowest BCUT2D eigenvalue weighted by Crippen LogP contribution is -1.81. The van der Waals surface area contributed by atoms with Crippen molar-refractivity contribution in [1.29, 1.82) is 0 Å². The maximum atomic E-state index is 3.68. The summed E-state index contributed by atoms with van der Waals surface area (Å²) in [6.45, 7) is 14.1. The Hall–Kier alpha value is -3.12. The Kier molecular flexibility index (Phi) is 9.78. The first-order valence-corrected chi connectivity index (χ1v) is 11.5. The lowest BCUT2D eigenvalue weighted by molar-refractivity contribution is 1.10. The van der Waals surface area contributed by atoms with Crippen LogP contribution in [0.5, 0.6) is 0 Å². The van der Waals surface area contributed by atoms with Crippen LogP contribution in [0.4, 0.5) is 0 Å². The summed E-state index contributed by atoms with van der Waals surface area (Å²) in [6, 6.07) is 28.5. The van der Waals surface area contributed by atoms with Crippen molar-refractivity contribution < 1.29 is 0 Å². The summed E-state index contributed by atoms with van der Waals surface area (Å²) < 4.78 is 0. The van der Waals surface area contributed by atoms with Gasteiger partial charge in [-0.2, -0.15) is 0 Å². The van der Waals surface area contributed by atoms with Crippen LogP contribution in [-0.4, -0.2) is 0 Å². The minimum atomic E-state index is 1.11. The average molecular weight is 409 g/mol. The number of fused-ring (bicyclic) bond motifs is 2. The van der Waals surface area contributed by atoms with Crippen LogP contribution in [0.3, 0.4) is 0 Å². The standard InChI is InChI=1S/C21H16.C8H14.C2H6/c1-15-6-7-19-14-21(11-10-18(19)12-15)20-9-8-16-4-2-3-5-17(16)13-20;1-4-7-8(5-2)6-3;1-2/h2-14H,1H3;5,7H,2,4,6H2,1,3H3;1-2H3/b;8-7+;. The summed E-state index contributed by atoms with van der Waals surface area (Å²) in [4.78, 5) is 0. The molecule has 160 valence electrons. The van der Waals surface area contributed by atoms with E-state index in [0.717, 1.165) is 12.8 Å². The van der Waals surface area contributed by atoms with Crippen LogP contribution in [0, 0.1) is 6.92 Å². The summed E-state index contributed by atoms with van der Waals surface area (Å²) in [7, 11) is 0. The van der Waals surface area contributed by atoms with Gasteiger partial charge in [0.15, 0.2) is 0 Å². The molecular formula is C31H36. The molecule has 0 N–H and O–H groups in total. The molecule has 0 aromatic heterocycles. The predicted molar refractivity (Wildman–Crippen MR) is 142 cm³/mol. The number of rotatable bonds is 4. The molecule has 0 spiro atoms. The zero-order chi connectivity index (χ0) is 22.6. The third-order valence-corrected chi connectivity index (χ3v) is 5.22. The monoisotopic (exact) mass is 408 g/mol. The first-order valence-electron chi connectivity index (χ1n) is 11.5. The topological polar surface area (TPSA) is 0 Å². The summed E-state index contributed by atoms with van der Waals surface area (Å²) in [5.74, 6) is 0. The fourth-order valence-electron chi connectivity index (χ4n) is 3.55. The number of allylic oxidation sites excluding steroid dienone is 3. The fourth-order valence-corrected chi connectivity index (χ4v) is 3.55.